The molecule has 6 heteroatoms. The second kappa shape index (κ2) is 11.2. The second-order valence-corrected chi connectivity index (χ2v) is 9.13. The lowest BCUT2D eigenvalue weighted by molar-refractivity contribution is -0.134. The van der Waals surface area contributed by atoms with E-state index in [0.717, 1.165) is 19.3 Å². The SMILES string of the molecule is C#CCNC(=O)CC1CC(C(C)C)C(CNC(=O)C2CCN(C(C)=O)CC2)C=C1C. The van der Waals surface area contributed by atoms with Crippen molar-refractivity contribution in [1.29, 1.82) is 0 Å². The van der Waals surface area contributed by atoms with Crippen LogP contribution in [0.5, 0.6) is 0 Å². The number of nitrogens with zero attached hydrogens (tertiary/aromatic N) is 1. The maximum atomic E-state index is 12.7. The van der Waals surface area contributed by atoms with E-state index in [0.29, 0.717) is 37.9 Å². The fraction of sp³-hybridized carbons (Fsp3) is 0.708. The first-order valence-corrected chi connectivity index (χ1v) is 11.1. The maximum absolute atomic E-state index is 12.7. The molecule has 0 aromatic heterocycles. The predicted octanol–water partition coefficient (Wildman–Crippen LogP) is 2.36. The Labute approximate surface area is 181 Å². The summed E-state index contributed by atoms with van der Waals surface area (Å²) in [4.78, 5) is 38.1. The molecule has 0 radical (unpaired) electrons. The zero-order chi connectivity index (χ0) is 22.3. The molecule has 0 bridgehead atoms. The smallest absolute Gasteiger partial charge is 0.223 e. The summed E-state index contributed by atoms with van der Waals surface area (Å²) in [5, 5.41) is 5.92. The summed E-state index contributed by atoms with van der Waals surface area (Å²) in [6, 6.07) is 0. The molecule has 30 heavy (non-hydrogen) atoms. The third kappa shape index (κ3) is 6.62. The lowest BCUT2D eigenvalue weighted by Crippen LogP contribution is -2.44. The lowest BCUT2D eigenvalue weighted by atomic mass is 9.69. The van der Waals surface area contributed by atoms with Crippen molar-refractivity contribution in [3.8, 4) is 12.3 Å². The topological polar surface area (TPSA) is 78.5 Å². The molecule has 0 aromatic carbocycles. The Morgan fingerprint density at radius 2 is 1.90 bits per heavy atom. The number of carbonyl (C=O) groups is 3. The molecule has 2 N–H and O–H groups in total. The van der Waals surface area contributed by atoms with Crippen molar-refractivity contribution >= 4 is 17.7 Å². The van der Waals surface area contributed by atoms with E-state index in [1.54, 1.807) is 6.92 Å². The minimum Gasteiger partial charge on any atom is -0.355 e. The fourth-order valence-electron chi connectivity index (χ4n) is 4.77. The van der Waals surface area contributed by atoms with Crippen LogP contribution in [0.25, 0.3) is 0 Å². The van der Waals surface area contributed by atoms with Gasteiger partial charge in [0.25, 0.3) is 0 Å². The molecule has 3 amide bonds. The molecular formula is C24H37N3O3. The first-order chi connectivity index (χ1) is 14.2. The van der Waals surface area contributed by atoms with Crippen LogP contribution in [0.3, 0.4) is 0 Å². The number of hydrogen-bond acceptors (Lipinski definition) is 3. The Hall–Kier alpha value is -2.29. The summed E-state index contributed by atoms with van der Waals surface area (Å²) in [6.45, 7) is 10.3. The largest absolute Gasteiger partial charge is 0.355 e. The summed E-state index contributed by atoms with van der Waals surface area (Å²) >= 11 is 0. The van der Waals surface area contributed by atoms with E-state index in [9.17, 15) is 14.4 Å². The second-order valence-electron chi connectivity index (χ2n) is 9.13. The van der Waals surface area contributed by atoms with E-state index in [1.165, 1.54) is 5.57 Å². The van der Waals surface area contributed by atoms with Crippen LogP contribution in [0.2, 0.25) is 0 Å². The minimum absolute atomic E-state index is 0.00291. The van der Waals surface area contributed by atoms with Gasteiger partial charge in [0, 0.05) is 38.9 Å². The molecule has 1 heterocycles. The van der Waals surface area contributed by atoms with Gasteiger partial charge < -0.3 is 15.5 Å². The van der Waals surface area contributed by atoms with Gasteiger partial charge in [-0.15, -0.1) is 6.42 Å². The Morgan fingerprint density at radius 1 is 1.23 bits per heavy atom. The number of nitrogens with one attached hydrogen (secondary N) is 2. The van der Waals surface area contributed by atoms with Crippen molar-refractivity contribution in [1.82, 2.24) is 15.5 Å². The van der Waals surface area contributed by atoms with Gasteiger partial charge in [-0.05, 0) is 49.9 Å². The van der Waals surface area contributed by atoms with Gasteiger partial charge in [-0.25, -0.2) is 0 Å². The zero-order valence-corrected chi connectivity index (χ0v) is 18.9. The fourth-order valence-corrected chi connectivity index (χ4v) is 4.77. The highest BCUT2D eigenvalue weighted by Crippen LogP contribution is 2.38. The highest BCUT2D eigenvalue weighted by atomic mass is 16.2. The average Bonchev–Trinajstić information content (AvgIpc) is 2.71. The number of hydrogen-bond donors (Lipinski definition) is 2. The van der Waals surface area contributed by atoms with Crippen LogP contribution in [-0.4, -0.2) is 48.8 Å². The summed E-state index contributed by atoms with van der Waals surface area (Å²) in [5.41, 5.74) is 1.22. The van der Waals surface area contributed by atoms with Gasteiger partial charge in [-0.3, -0.25) is 14.4 Å². The highest BCUT2D eigenvalue weighted by Gasteiger charge is 2.33. The van der Waals surface area contributed by atoms with Crippen molar-refractivity contribution in [2.45, 2.75) is 53.4 Å². The van der Waals surface area contributed by atoms with Gasteiger partial charge in [-0.1, -0.05) is 31.4 Å². The zero-order valence-electron chi connectivity index (χ0n) is 18.9. The third-order valence-electron chi connectivity index (χ3n) is 6.73. The quantitative estimate of drug-likeness (QED) is 0.495. The molecular weight excluding hydrogens is 378 g/mol. The number of allylic oxidation sites excluding steroid dienone is 1. The molecule has 1 aliphatic heterocycles. The molecule has 0 saturated carbocycles. The van der Waals surface area contributed by atoms with E-state index in [4.69, 9.17) is 6.42 Å². The Morgan fingerprint density at radius 3 is 2.47 bits per heavy atom. The first kappa shape index (κ1) is 24.0. The van der Waals surface area contributed by atoms with Gasteiger partial charge in [0.05, 0.1) is 6.54 Å². The summed E-state index contributed by atoms with van der Waals surface area (Å²) < 4.78 is 0. The molecule has 3 unspecified atom stereocenters. The van der Waals surface area contributed by atoms with Gasteiger partial charge >= 0.3 is 0 Å². The summed E-state index contributed by atoms with van der Waals surface area (Å²) in [5.74, 6) is 3.98. The molecule has 6 nitrogen and oxygen atoms in total. The number of piperidine rings is 1. The molecule has 0 aromatic rings. The number of terminal acetylenes is 1. The normalized spacial score (nSPS) is 24.7. The molecule has 1 fully saturated rings. The van der Waals surface area contributed by atoms with Crippen LogP contribution < -0.4 is 10.6 Å². The maximum Gasteiger partial charge on any atom is 0.223 e. The van der Waals surface area contributed by atoms with Gasteiger partial charge in [0.15, 0.2) is 0 Å². The van der Waals surface area contributed by atoms with Crippen LogP contribution >= 0.6 is 0 Å². The van der Waals surface area contributed by atoms with Crippen LogP contribution in [0.15, 0.2) is 11.6 Å². The molecule has 1 aliphatic carbocycles. The number of amides is 3. The Balaban J connectivity index is 1.92. The molecule has 2 rings (SSSR count). The lowest BCUT2D eigenvalue weighted by Gasteiger charge is -2.37. The molecule has 0 spiro atoms. The van der Waals surface area contributed by atoms with Crippen molar-refractivity contribution in [2.75, 3.05) is 26.2 Å². The van der Waals surface area contributed by atoms with Gasteiger partial charge in [0.2, 0.25) is 17.7 Å². The highest BCUT2D eigenvalue weighted by molar-refractivity contribution is 5.79. The van der Waals surface area contributed by atoms with E-state index in [-0.39, 0.29) is 42.0 Å². The monoisotopic (exact) mass is 415 g/mol. The molecule has 3 atom stereocenters. The van der Waals surface area contributed by atoms with Crippen LogP contribution in [0.1, 0.15) is 53.4 Å². The number of rotatable bonds is 7. The molecule has 1 saturated heterocycles. The van der Waals surface area contributed by atoms with Crippen molar-refractivity contribution in [3.63, 3.8) is 0 Å². The van der Waals surface area contributed by atoms with Crippen LogP contribution in [0, 0.1) is 41.9 Å². The Bertz CT molecular complexity index is 699. The number of likely N-dealkylation sites (tertiary alicyclic amines) is 1. The van der Waals surface area contributed by atoms with Crippen LogP contribution in [-0.2, 0) is 14.4 Å². The number of carbonyl (C=O) groups excluding carboxylic acids is 3. The molecule has 166 valence electrons. The summed E-state index contributed by atoms with van der Waals surface area (Å²) in [7, 11) is 0. The van der Waals surface area contributed by atoms with E-state index in [2.05, 4.69) is 43.4 Å². The van der Waals surface area contributed by atoms with E-state index < -0.39 is 0 Å². The van der Waals surface area contributed by atoms with Crippen LogP contribution in [0.4, 0.5) is 0 Å². The summed E-state index contributed by atoms with van der Waals surface area (Å²) in [6.07, 6.45) is 10.3. The van der Waals surface area contributed by atoms with E-state index in [1.807, 2.05) is 4.90 Å². The van der Waals surface area contributed by atoms with Gasteiger partial charge in [-0.2, -0.15) is 0 Å². The Kier molecular flexibility index (Phi) is 8.95. The first-order valence-electron chi connectivity index (χ1n) is 11.1. The standard InChI is InChI=1S/C24H37N3O3/c1-6-9-25-23(29)14-20-13-22(16(2)3)21(12-17(20)4)15-26-24(30)19-7-10-27(11-8-19)18(5)28/h1,12,16,19-22H,7-11,13-15H2,2-5H3,(H,25,29)(H,26,30). The third-order valence-corrected chi connectivity index (χ3v) is 6.73. The predicted molar refractivity (Wildman–Crippen MR) is 118 cm³/mol. The van der Waals surface area contributed by atoms with E-state index >= 15 is 0 Å². The minimum atomic E-state index is -0.0145. The average molecular weight is 416 g/mol. The molecule has 2 aliphatic rings. The van der Waals surface area contributed by atoms with Crippen molar-refractivity contribution in [3.05, 3.63) is 11.6 Å². The van der Waals surface area contributed by atoms with Crippen molar-refractivity contribution in [2.24, 2.45) is 29.6 Å². The van der Waals surface area contributed by atoms with Crippen molar-refractivity contribution < 1.29 is 14.4 Å². The van der Waals surface area contributed by atoms with Gasteiger partial charge in [0.1, 0.15) is 0 Å².